The monoisotopic (exact) mass is 335 g/mol. The lowest BCUT2D eigenvalue weighted by molar-refractivity contribution is 0.0933. The summed E-state index contributed by atoms with van der Waals surface area (Å²) in [6.07, 6.45) is 4.26. The van der Waals surface area contributed by atoms with Crippen LogP contribution in [0.2, 0.25) is 5.02 Å². The average Bonchev–Trinajstić information content (AvgIpc) is 3.17. The molecule has 1 aromatic carbocycles. The lowest BCUT2D eigenvalue weighted by atomic mass is 10.2. The second kappa shape index (κ2) is 6.45. The number of hydrogen-bond donors (Lipinski definition) is 2. The van der Waals surface area contributed by atoms with Crippen molar-refractivity contribution < 1.29 is 9.53 Å². The Morgan fingerprint density at radius 3 is 2.87 bits per heavy atom. The van der Waals surface area contributed by atoms with E-state index in [0.29, 0.717) is 16.5 Å². The van der Waals surface area contributed by atoms with E-state index < -0.39 is 0 Å². The molecule has 0 bridgehead atoms. The summed E-state index contributed by atoms with van der Waals surface area (Å²) >= 11 is 6.01. The van der Waals surface area contributed by atoms with Crippen molar-refractivity contribution in [2.45, 2.75) is 31.7 Å². The molecule has 2 aromatic rings. The number of anilines is 1. The molecule has 1 heterocycles. The fourth-order valence-electron chi connectivity index (χ4n) is 2.75. The summed E-state index contributed by atoms with van der Waals surface area (Å²) in [5, 5.41) is 11.3. The van der Waals surface area contributed by atoms with Crippen LogP contribution in [0.3, 0.4) is 0 Å². The summed E-state index contributed by atoms with van der Waals surface area (Å²) in [6, 6.07) is 5.29. The number of amides is 1. The van der Waals surface area contributed by atoms with Gasteiger partial charge >= 0.3 is 0 Å². The number of carbonyl (C=O) groups excluding carboxylic acids is 1. The first-order valence-corrected chi connectivity index (χ1v) is 7.84. The Labute approximate surface area is 138 Å². The van der Waals surface area contributed by atoms with Gasteiger partial charge in [-0.2, -0.15) is 4.68 Å². The van der Waals surface area contributed by atoms with E-state index in [1.807, 2.05) is 0 Å². The molecular formula is C15H18ClN5O2. The van der Waals surface area contributed by atoms with Crippen molar-refractivity contribution in [1.82, 2.24) is 20.3 Å². The van der Waals surface area contributed by atoms with Crippen LogP contribution in [0.15, 0.2) is 18.2 Å². The zero-order chi connectivity index (χ0) is 16.4. The third-order valence-electron chi connectivity index (χ3n) is 3.99. The number of hydrogen-bond acceptors (Lipinski definition) is 5. The van der Waals surface area contributed by atoms with Crippen LogP contribution < -0.4 is 15.8 Å². The summed E-state index contributed by atoms with van der Waals surface area (Å²) < 4.78 is 6.57. The number of carbonyl (C=O) groups is 1. The highest BCUT2D eigenvalue weighted by molar-refractivity contribution is 6.32. The van der Waals surface area contributed by atoms with Crippen molar-refractivity contribution in [3.63, 3.8) is 0 Å². The largest absolute Gasteiger partial charge is 0.495 e. The number of nitrogens with one attached hydrogen (secondary N) is 1. The number of ether oxygens (including phenoxy) is 1. The van der Waals surface area contributed by atoms with Gasteiger partial charge in [-0.05, 0) is 25.0 Å². The van der Waals surface area contributed by atoms with Crippen molar-refractivity contribution in [3.05, 3.63) is 28.9 Å². The molecule has 1 aromatic heterocycles. The number of benzene rings is 1. The predicted octanol–water partition coefficient (Wildman–Crippen LogP) is 2.18. The zero-order valence-electron chi connectivity index (χ0n) is 12.8. The first kappa shape index (κ1) is 15.6. The van der Waals surface area contributed by atoms with E-state index in [4.69, 9.17) is 22.1 Å². The highest BCUT2D eigenvalue weighted by atomic mass is 35.5. The fraction of sp³-hybridized carbons (Fsp3) is 0.400. The molecule has 122 valence electrons. The highest BCUT2D eigenvalue weighted by Gasteiger charge is 2.23. The van der Waals surface area contributed by atoms with Gasteiger partial charge in [-0.3, -0.25) is 4.79 Å². The molecule has 1 amide bonds. The minimum Gasteiger partial charge on any atom is -0.495 e. The molecule has 0 spiro atoms. The van der Waals surface area contributed by atoms with Crippen molar-refractivity contribution in [1.29, 1.82) is 0 Å². The normalized spacial score (nSPS) is 14.9. The zero-order valence-corrected chi connectivity index (χ0v) is 13.5. The van der Waals surface area contributed by atoms with Gasteiger partial charge in [-0.25, -0.2) is 0 Å². The Bertz CT molecular complexity index is 725. The molecule has 3 rings (SSSR count). The molecule has 0 radical (unpaired) electrons. The van der Waals surface area contributed by atoms with Crippen molar-refractivity contribution in [3.8, 4) is 11.4 Å². The lowest BCUT2D eigenvalue weighted by Crippen LogP contribution is -2.33. The van der Waals surface area contributed by atoms with Gasteiger partial charge in [0.2, 0.25) is 0 Å². The summed E-state index contributed by atoms with van der Waals surface area (Å²) in [6.45, 7) is 0. The lowest BCUT2D eigenvalue weighted by Gasteiger charge is -2.10. The van der Waals surface area contributed by atoms with Crippen LogP contribution in [-0.4, -0.2) is 34.1 Å². The number of nitrogen functional groups attached to an aromatic ring is 1. The molecule has 7 nitrogen and oxygen atoms in total. The van der Waals surface area contributed by atoms with E-state index in [2.05, 4.69) is 15.6 Å². The number of nitrogens with two attached hydrogens (primary N) is 1. The van der Waals surface area contributed by atoms with Gasteiger partial charge in [0, 0.05) is 12.1 Å². The van der Waals surface area contributed by atoms with Crippen LogP contribution >= 0.6 is 11.6 Å². The minimum atomic E-state index is -0.290. The molecule has 1 aliphatic carbocycles. The van der Waals surface area contributed by atoms with E-state index in [9.17, 15) is 4.79 Å². The summed E-state index contributed by atoms with van der Waals surface area (Å²) in [5.41, 5.74) is 6.80. The Hall–Kier alpha value is -2.28. The van der Waals surface area contributed by atoms with Crippen molar-refractivity contribution >= 4 is 23.3 Å². The Balaban J connectivity index is 1.85. The molecule has 0 unspecified atom stereocenters. The molecule has 1 saturated carbocycles. The molecule has 0 atom stereocenters. The van der Waals surface area contributed by atoms with Crippen LogP contribution in [0.25, 0.3) is 5.69 Å². The second-order valence-corrected chi connectivity index (χ2v) is 5.92. The summed E-state index contributed by atoms with van der Waals surface area (Å²) in [5.74, 6) is 0.391. The third-order valence-corrected chi connectivity index (χ3v) is 4.30. The van der Waals surface area contributed by atoms with Crippen molar-refractivity contribution in [2.75, 3.05) is 12.8 Å². The van der Waals surface area contributed by atoms with E-state index in [-0.39, 0.29) is 23.5 Å². The van der Waals surface area contributed by atoms with Gasteiger partial charge in [0.1, 0.15) is 5.75 Å². The average molecular weight is 336 g/mol. The number of nitrogens with zero attached hydrogens (tertiary/aromatic N) is 3. The van der Waals surface area contributed by atoms with Gasteiger partial charge in [-0.15, -0.1) is 5.10 Å². The SMILES string of the molecule is COc1cc(-n2nnc(C(=O)NC3CCCC3)c2N)ccc1Cl. The smallest absolute Gasteiger partial charge is 0.275 e. The van der Waals surface area contributed by atoms with Gasteiger partial charge < -0.3 is 15.8 Å². The highest BCUT2D eigenvalue weighted by Crippen LogP contribution is 2.27. The maximum absolute atomic E-state index is 12.3. The topological polar surface area (TPSA) is 95.1 Å². The van der Waals surface area contributed by atoms with Gasteiger partial charge in [0.05, 0.1) is 17.8 Å². The Kier molecular flexibility index (Phi) is 4.38. The number of rotatable bonds is 4. The van der Waals surface area contributed by atoms with E-state index in [1.165, 1.54) is 11.8 Å². The van der Waals surface area contributed by atoms with Crippen LogP contribution in [-0.2, 0) is 0 Å². The number of aromatic nitrogens is 3. The van der Waals surface area contributed by atoms with Crippen LogP contribution in [0.1, 0.15) is 36.2 Å². The second-order valence-electron chi connectivity index (χ2n) is 5.51. The third kappa shape index (κ3) is 3.10. The molecule has 8 heteroatoms. The van der Waals surface area contributed by atoms with Gasteiger partial charge in [0.25, 0.3) is 5.91 Å². The van der Waals surface area contributed by atoms with E-state index >= 15 is 0 Å². The predicted molar refractivity (Wildman–Crippen MR) is 87.1 cm³/mol. The first-order chi connectivity index (χ1) is 11.1. The Morgan fingerprint density at radius 2 is 2.17 bits per heavy atom. The summed E-state index contributed by atoms with van der Waals surface area (Å²) in [4.78, 5) is 12.3. The molecule has 0 aliphatic heterocycles. The van der Waals surface area contributed by atoms with Crippen LogP contribution in [0.4, 0.5) is 5.82 Å². The molecular weight excluding hydrogens is 318 g/mol. The molecule has 0 saturated heterocycles. The quantitative estimate of drug-likeness (QED) is 0.893. The van der Waals surface area contributed by atoms with Gasteiger partial charge in [-0.1, -0.05) is 29.7 Å². The molecule has 3 N–H and O–H groups in total. The molecule has 1 fully saturated rings. The van der Waals surface area contributed by atoms with Crippen LogP contribution in [0, 0.1) is 0 Å². The maximum atomic E-state index is 12.3. The van der Waals surface area contributed by atoms with E-state index in [0.717, 1.165) is 25.7 Å². The molecule has 23 heavy (non-hydrogen) atoms. The maximum Gasteiger partial charge on any atom is 0.275 e. The van der Waals surface area contributed by atoms with Crippen molar-refractivity contribution in [2.24, 2.45) is 0 Å². The number of halogens is 1. The standard InChI is InChI=1S/C15H18ClN5O2/c1-23-12-8-10(6-7-11(12)16)21-14(17)13(19-20-21)15(22)18-9-4-2-3-5-9/h6-9H,2-5,17H2,1H3,(H,18,22). The molecule has 1 aliphatic rings. The first-order valence-electron chi connectivity index (χ1n) is 7.46. The van der Waals surface area contributed by atoms with E-state index in [1.54, 1.807) is 18.2 Å². The number of methoxy groups -OCH3 is 1. The Morgan fingerprint density at radius 1 is 1.43 bits per heavy atom. The van der Waals surface area contributed by atoms with Gasteiger partial charge in [0.15, 0.2) is 11.5 Å². The van der Waals surface area contributed by atoms with Crippen LogP contribution in [0.5, 0.6) is 5.75 Å². The minimum absolute atomic E-state index is 0.130. The summed E-state index contributed by atoms with van der Waals surface area (Å²) in [7, 11) is 1.52. The fourth-order valence-corrected chi connectivity index (χ4v) is 2.94.